The number of carbonyl (C=O) groups is 1. The van der Waals surface area contributed by atoms with Gasteiger partial charge in [-0.15, -0.1) is 0 Å². The molecule has 0 saturated heterocycles. The molecule has 0 rings (SSSR count). The second kappa shape index (κ2) is 6.51. The van der Waals surface area contributed by atoms with Crippen molar-refractivity contribution in [3.63, 3.8) is 0 Å². The van der Waals surface area contributed by atoms with Crippen molar-refractivity contribution in [1.82, 2.24) is 0 Å². The van der Waals surface area contributed by atoms with Gasteiger partial charge in [-0.25, -0.2) is 0 Å². The summed E-state index contributed by atoms with van der Waals surface area (Å²) >= 11 is 0. The predicted octanol–water partition coefficient (Wildman–Crippen LogP) is -0.878. The van der Waals surface area contributed by atoms with E-state index in [-0.39, 0.29) is 21.1 Å². The summed E-state index contributed by atoms with van der Waals surface area (Å²) in [5.41, 5.74) is 3.17. The van der Waals surface area contributed by atoms with Crippen LogP contribution in [0.5, 0.6) is 0 Å². The molecular formula is C8H16NO4W-. The number of hydrogen-bond donors (Lipinski definition) is 4. The van der Waals surface area contributed by atoms with E-state index in [0.717, 1.165) is 0 Å². The van der Waals surface area contributed by atoms with Crippen LogP contribution in [0.2, 0.25) is 0 Å². The van der Waals surface area contributed by atoms with Crippen molar-refractivity contribution in [3.8, 4) is 0 Å². The zero-order valence-corrected chi connectivity index (χ0v) is 10.9. The van der Waals surface area contributed by atoms with Gasteiger partial charge in [-0.2, -0.15) is 0 Å². The number of aliphatic hydroxyl groups excluding tert-OH is 2. The molecule has 84 valence electrons. The van der Waals surface area contributed by atoms with Gasteiger partial charge >= 0.3 is 0 Å². The Bertz CT molecular complexity index is 186. The number of rotatable bonds is 5. The fraction of sp³-hybridized carbons (Fsp3) is 0.750. The SMILES string of the molecule is [CH2-]C(N)(C(=O)O)[C@H](O)[C@@H](O)CCC.[W]. The molecular weight excluding hydrogens is 358 g/mol. The molecule has 0 saturated carbocycles. The Morgan fingerprint density at radius 3 is 2.29 bits per heavy atom. The molecule has 0 fully saturated rings. The molecule has 0 aromatic heterocycles. The van der Waals surface area contributed by atoms with E-state index in [1.807, 2.05) is 0 Å². The van der Waals surface area contributed by atoms with Crippen molar-refractivity contribution in [2.75, 3.05) is 0 Å². The van der Waals surface area contributed by atoms with E-state index in [1.54, 1.807) is 6.92 Å². The first-order valence-electron chi connectivity index (χ1n) is 4.07. The molecule has 0 aromatic rings. The number of nitrogens with two attached hydrogens (primary N) is 1. The molecule has 0 heterocycles. The van der Waals surface area contributed by atoms with Crippen LogP contribution < -0.4 is 5.73 Å². The van der Waals surface area contributed by atoms with E-state index in [4.69, 9.17) is 10.8 Å². The van der Waals surface area contributed by atoms with Crippen molar-refractivity contribution in [2.24, 2.45) is 5.73 Å². The van der Waals surface area contributed by atoms with Gasteiger partial charge in [-0.05, 0) is 6.42 Å². The average molecular weight is 374 g/mol. The normalized spacial score (nSPS) is 18.9. The minimum absolute atomic E-state index is 0. The summed E-state index contributed by atoms with van der Waals surface area (Å²) in [6.45, 7) is 4.94. The Kier molecular flexibility index (Phi) is 7.66. The Morgan fingerprint density at radius 2 is 2.00 bits per heavy atom. The van der Waals surface area contributed by atoms with E-state index in [2.05, 4.69) is 6.92 Å². The van der Waals surface area contributed by atoms with Crippen LogP contribution in [-0.2, 0) is 25.9 Å². The summed E-state index contributed by atoms with van der Waals surface area (Å²) < 4.78 is 0. The molecule has 14 heavy (non-hydrogen) atoms. The summed E-state index contributed by atoms with van der Waals surface area (Å²) in [5.74, 6) is -1.44. The topological polar surface area (TPSA) is 104 Å². The van der Waals surface area contributed by atoms with Gasteiger partial charge in [0, 0.05) is 26.6 Å². The molecule has 0 aliphatic heterocycles. The summed E-state index contributed by atoms with van der Waals surface area (Å²) in [7, 11) is 0. The quantitative estimate of drug-likeness (QED) is 0.468. The molecule has 5 nitrogen and oxygen atoms in total. The van der Waals surface area contributed by atoms with Crippen LogP contribution in [-0.4, -0.2) is 39.0 Å². The summed E-state index contributed by atoms with van der Waals surface area (Å²) in [6, 6.07) is 0. The molecule has 6 heteroatoms. The third-order valence-electron chi connectivity index (χ3n) is 1.87. The Hall–Kier alpha value is 0.0383. The van der Waals surface area contributed by atoms with Crippen molar-refractivity contribution < 1.29 is 41.2 Å². The molecule has 0 spiro atoms. The summed E-state index contributed by atoms with van der Waals surface area (Å²) in [6.07, 6.45) is -1.77. The molecule has 0 aliphatic rings. The van der Waals surface area contributed by atoms with E-state index in [0.29, 0.717) is 12.8 Å². The second-order valence-corrected chi connectivity index (χ2v) is 3.15. The first-order chi connectivity index (χ1) is 5.84. The van der Waals surface area contributed by atoms with Crippen molar-refractivity contribution in [3.05, 3.63) is 6.92 Å². The van der Waals surface area contributed by atoms with Gasteiger partial charge in [0.15, 0.2) is 0 Å². The summed E-state index contributed by atoms with van der Waals surface area (Å²) in [5, 5.41) is 27.2. The average Bonchev–Trinajstić information content (AvgIpc) is 2.03. The molecule has 5 N–H and O–H groups in total. The minimum atomic E-state index is -2.05. The van der Waals surface area contributed by atoms with E-state index in [9.17, 15) is 15.0 Å². The van der Waals surface area contributed by atoms with Crippen LogP contribution in [0.3, 0.4) is 0 Å². The van der Waals surface area contributed by atoms with Gasteiger partial charge in [0.25, 0.3) is 5.97 Å². The third-order valence-corrected chi connectivity index (χ3v) is 1.87. The number of aliphatic carboxylic acids is 1. The largest absolute Gasteiger partial charge is 0.482 e. The van der Waals surface area contributed by atoms with Gasteiger partial charge in [-0.3, -0.25) is 4.79 Å². The summed E-state index contributed by atoms with van der Waals surface area (Å²) in [4.78, 5) is 10.5. The van der Waals surface area contributed by atoms with Crippen LogP contribution in [0.25, 0.3) is 0 Å². The standard InChI is InChI=1S/C8H16NO4.W/c1-3-4-5(10)6(11)8(2,9)7(12)13;/h5-6,10-11H,2-4,9H2,1H3,(H,12,13);/q-1;/t5-,6+,8?;/m0./s1. The molecule has 1 unspecified atom stereocenters. The van der Waals surface area contributed by atoms with Crippen LogP contribution >= 0.6 is 0 Å². The first-order valence-corrected chi connectivity index (χ1v) is 4.07. The predicted molar refractivity (Wildman–Crippen MR) is 46.8 cm³/mol. The van der Waals surface area contributed by atoms with Gasteiger partial charge in [-0.1, -0.05) is 13.3 Å². The van der Waals surface area contributed by atoms with Crippen LogP contribution in [0.1, 0.15) is 19.8 Å². The zero-order valence-electron chi connectivity index (χ0n) is 8.01. The van der Waals surface area contributed by atoms with Crippen molar-refractivity contribution in [1.29, 1.82) is 0 Å². The number of carboxylic acids is 1. The zero-order chi connectivity index (χ0) is 10.6. The number of carboxylic acid groups (broad SMARTS) is 1. The first kappa shape index (κ1) is 16.5. The van der Waals surface area contributed by atoms with Crippen molar-refractivity contribution >= 4 is 5.97 Å². The number of hydrogen-bond acceptors (Lipinski definition) is 4. The Balaban J connectivity index is 0. The van der Waals surface area contributed by atoms with Gasteiger partial charge in [0.2, 0.25) is 0 Å². The fourth-order valence-electron chi connectivity index (χ4n) is 0.923. The van der Waals surface area contributed by atoms with Gasteiger partial charge < -0.3 is 28.0 Å². The number of aliphatic hydroxyl groups is 2. The molecule has 0 bridgehead atoms. The smallest absolute Gasteiger partial charge is 0.294 e. The van der Waals surface area contributed by atoms with Crippen LogP contribution in [0, 0.1) is 6.92 Å². The van der Waals surface area contributed by atoms with Crippen molar-refractivity contribution in [2.45, 2.75) is 37.5 Å². The molecule has 0 aliphatic carbocycles. The van der Waals surface area contributed by atoms with E-state index >= 15 is 0 Å². The molecule has 0 aromatic carbocycles. The Morgan fingerprint density at radius 1 is 1.57 bits per heavy atom. The molecule has 0 amide bonds. The Labute approximate surface area is 97.6 Å². The minimum Gasteiger partial charge on any atom is -0.482 e. The van der Waals surface area contributed by atoms with E-state index < -0.39 is 23.7 Å². The molecule has 0 radical (unpaired) electrons. The van der Waals surface area contributed by atoms with Gasteiger partial charge in [0.05, 0.1) is 12.2 Å². The maximum atomic E-state index is 10.5. The maximum Gasteiger partial charge on any atom is 0.294 e. The monoisotopic (exact) mass is 374 g/mol. The molecule has 3 atom stereocenters. The maximum absolute atomic E-state index is 10.5. The second-order valence-electron chi connectivity index (χ2n) is 3.15. The van der Waals surface area contributed by atoms with Crippen LogP contribution in [0.4, 0.5) is 0 Å². The fourth-order valence-corrected chi connectivity index (χ4v) is 0.923. The van der Waals surface area contributed by atoms with Crippen LogP contribution in [0.15, 0.2) is 0 Å². The van der Waals surface area contributed by atoms with Gasteiger partial charge in [0.1, 0.15) is 0 Å². The van der Waals surface area contributed by atoms with E-state index in [1.165, 1.54) is 0 Å². The third kappa shape index (κ3) is 4.05.